The Hall–Kier alpha value is -2.97. The quantitative estimate of drug-likeness (QED) is 0.352. The van der Waals surface area contributed by atoms with Crippen LogP contribution in [0.3, 0.4) is 0 Å². The van der Waals surface area contributed by atoms with E-state index in [9.17, 15) is 4.79 Å². The van der Waals surface area contributed by atoms with E-state index in [1.807, 2.05) is 30.3 Å². The van der Waals surface area contributed by atoms with Gasteiger partial charge < -0.3 is 16.1 Å². The summed E-state index contributed by atoms with van der Waals surface area (Å²) < 4.78 is 1.38. The predicted octanol–water partition coefficient (Wildman–Crippen LogP) is 3.52. The van der Waals surface area contributed by atoms with Crippen molar-refractivity contribution in [3.8, 4) is 11.5 Å². The number of benzene rings is 2. The molecule has 0 atom stereocenters. The molecular formula is C18H15ClN6OS. The average molecular weight is 399 g/mol. The number of anilines is 1. The molecule has 0 unspecified atom stereocenters. The number of rotatable bonds is 5. The second-order valence-electron chi connectivity index (χ2n) is 5.79. The number of nitrogens with two attached hydrogens (primary N) is 1. The molecule has 9 heteroatoms. The van der Waals surface area contributed by atoms with Gasteiger partial charge in [-0.05, 0) is 30.3 Å². The minimum atomic E-state index is -0.183. The van der Waals surface area contributed by atoms with Crippen molar-refractivity contribution in [2.24, 2.45) is 0 Å². The number of nitrogen functional groups attached to an aromatic ring is 1. The molecule has 0 aliphatic rings. The van der Waals surface area contributed by atoms with Gasteiger partial charge in [0.05, 0.1) is 11.4 Å². The predicted molar refractivity (Wildman–Crippen MR) is 108 cm³/mol. The van der Waals surface area contributed by atoms with Gasteiger partial charge in [0, 0.05) is 21.6 Å². The van der Waals surface area contributed by atoms with Crippen LogP contribution in [0.1, 0.15) is 0 Å². The van der Waals surface area contributed by atoms with E-state index in [0.29, 0.717) is 21.7 Å². The van der Waals surface area contributed by atoms with Crippen molar-refractivity contribution in [2.45, 2.75) is 5.16 Å². The number of amides is 1. The van der Waals surface area contributed by atoms with Gasteiger partial charge in [0.1, 0.15) is 0 Å². The number of nitrogens with one attached hydrogen (secondary N) is 2. The fourth-order valence-electron chi connectivity index (χ4n) is 2.65. The normalized spacial score (nSPS) is 11.0. The minimum Gasteiger partial charge on any atom is -0.352 e. The fourth-order valence-corrected chi connectivity index (χ4v) is 3.49. The third-order valence-electron chi connectivity index (χ3n) is 3.88. The van der Waals surface area contributed by atoms with Gasteiger partial charge in [-0.15, -0.1) is 10.2 Å². The highest BCUT2D eigenvalue weighted by atomic mass is 35.5. The molecule has 2 heterocycles. The maximum atomic E-state index is 12.1. The van der Waals surface area contributed by atoms with Crippen LogP contribution in [-0.4, -0.2) is 31.5 Å². The number of aromatic nitrogens is 4. The zero-order chi connectivity index (χ0) is 18.8. The molecule has 0 fully saturated rings. The maximum Gasteiger partial charge on any atom is 0.234 e. The Morgan fingerprint density at radius 2 is 2.04 bits per heavy atom. The Bertz CT molecular complexity index is 1090. The van der Waals surface area contributed by atoms with Crippen LogP contribution in [0.2, 0.25) is 5.02 Å². The summed E-state index contributed by atoms with van der Waals surface area (Å²) in [5.41, 5.74) is 2.40. The summed E-state index contributed by atoms with van der Waals surface area (Å²) in [4.78, 5) is 15.4. The van der Waals surface area contributed by atoms with Gasteiger partial charge in [-0.1, -0.05) is 47.6 Å². The number of fused-ring (bicyclic) bond motifs is 1. The van der Waals surface area contributed by atoms with Gasteiger partial charge in [-0.25, -0.2) is 4.68 Å². The van der Waals surface area contributed by atoms with Gasteiger partial charge in [0.25, 0.3) is 0 Å². The van der Waals surface area contributed by atoms with Crippen LogP contribution < -0.4 is 11.2 Å². The van der Waals surface area contributed by atoms with E-state index in [1.54, 1.807) is 24.3 Å². The first-order valence-electron chi connectivity index (χ1n) is 8.07. The van der Waals surface area contributed by atoms with Crippen molar-refractivity contribution in [2.75, 3.05) is 16.9 Å². The lowest BCUT2D eigenvalue weighted by Crippen LogP contribution is -2.16. The third kappa shape index (κ3) is 3.76. The summed E-state index contributed by atoms with van der Waals surface area (Å²) >= 11 is 7.12. The average Bonchev–Trinajstić information content (AvgIpc) is 3.23. The van der Waals surface area contributed by atoms with E-state index in [1.165, 1.54) is 16.4 Å². The molecular weight excluding hydrogens is 384 g/mol. The Morgan fingerprint density at radius 3 is 2.85 bits per heavy atom. The highest BCUT2D eigenvalue weighted by molar-refractivity contribution is 7.99. The number of halogens is 1. The molecule has 27 heavy (non-hydrogen) atoms. The number of carbonyl (C=O) groups is 1. The molecule has 0 saturated carbocycles. The molecule has 0 radical (unpaired) electrons. The van der Waals surface area contributed by atoms with Gasteiger partial charge in [-0.2, -0.15) is 0 Å². The van der Waals surface area contributed by atoms with Crippen LogP contribution >= 0.6 is 23.4 Å². The largest absolute Gasteiger partial charge is 0.352 e. The van der Waals surface area contributed by atoms with Crippen LogP contribution in [0.25, 0.3) is 22.4 Å². The monoisotopic (exact) mass is 398 g/mol. The number of hydrogen-bond donors (Lipinski definition) is 3. The van der Waals surface area contributed by atoms with Crippen LogP contribution in [-0.2, 0) is 4.79 Å². The summed E-state index contributed by atoms with van der Waals surface area (Å²) in [6.07, 6.45) is 0. The number of hydrogen-bond acceptors (Lipinski definition) is 5. The first-order chi connectivity index (χ1) is 13.1. The van der Waals surface area contributed by atoms with Crippen molar-refractivity contribution < 1.29 is 4.79 Å². The number of carbonyl (C=O) groups excluding carboxylic acids is 1. The van der Waals surface area contributed by atoms with E-state index in [4.69, 9.17) is 17.4 Å². The summed E-state index contributed by atoms with van der Waals surface area (Å²) in [5.74, 6) is 6.59. The number of thioether (sulfide) groups is 1. The molecule has 0 aliphatic carbocycles. The van der Waals surface area contributed by atoms with Crippen LogP contribution in [0, 0.1) is 0 Å². The van der Waals surface area contributed by atoms with E-state index >= 15 is 0 Å². The molecule has 0 aliphatic heterocycles. The standard InChI is InChI=1S/C18H15ClN6OS/c19-12-5-3-6-13(9-12)21-16(26)10-27-18-24-23-17(25(18)20)15-8-11-4-1-2-7-14(11)22-15/h1-9,22H,10,20H2,(H,21,26). The van der Waals surface area contributed by atoms with Crippen molar-refractivity contribution in [3.63, 3.8) is 0 Å². The summed E-state index contributed by atoms with van der Waals surface area (Å²) in [5, 5.41) is 13.1. The molecule has 2 aromatic carbocycles. The molecule has 4 rings (SSSR count). The van der Waals surface area contributed by atoms with Crippen molar-refractivity contribution in [3.05, 3.63) is 59.6 Å². The van der Waals surface area contributed by atoms with Crippen LogP contribution in [0.5, 0.6) is 0 Å². The molecule has 136 valence electrons. The lowest BCUT2D eigenvalue weighted by Gasteiger charge is -2.05. The molecule has 2 aromatic heterocycles. The molecule has 7 nitrogen and oxygen atoms in total. The van der Waals surface area contributed by atoms with E-state index in [2.05, 4.69) is 20.5 Å². The van der Waals surface area contributed by atoms with E-state index < -0.39 is 0 Å². The molecule has 4 aromatic rings. The maximum absolute atomic E-state index is 12.1. The SMILES string of the molecule is Nn1c(SCC(=O)Nc2cccc(Cl)c2)nnc1-c1cc2ccccc2[nH]1. The van der Waals surface area contributed by atoms with Crippen LogP contribution in [0.4, 0.5) is 5.69 Å². The zero-order valence-electron chi connectivity index (χ0n) is 14.0. The van der Waals surface area contributed by atoms with E-state index in [0.717, 1.165) is 16.6 Å². The van der Waals surface area contributed by atoms with Crippen molar-refractivity contribution in [1.29, 1.82) is 0 Å². The molecule has 4 N–H and O–H groups in total. The summed E-state index contributed by atoms with van der Waals surface area (Å²) in [7, 11) is 0. The lowest BCUT2D eigenvalue weighted by molar-refractivity contribution is -0.113. The topological polar surface area (TPSA) is 102 Å². The summed E-state index contributed by atoms with van der Waals surface area (Å²) in [6, 6.07) is 16.8. The highest BCUT2D eigenvalue weighted by Crippen LogP contribution is 2.25. The Labute approximate surface area is 163 Å². The second-order valence-corrected chi connectivity index (χ2v) is 7.17. The number of aromatic amines is 1. The second kappa shape index (κ2) is 7.34. The fraction of sp³-hybridized carbons (Fsp3) is 0.0556. The number of para-hydroxylation sites is 1. The molecule has 0 bridgehead atoms. The molecule has 0 saturated heterocycles. The Balaban J connectivity index is 1.45. The van der Waals surface area contributed by atoms with Crippen molar-refractivity contribution >= 4 is 45.9 Å². The van der Waals surface area contributed by atoms with Gasteiger partial charge >= 0.3 is 0 Å². The van der Waals surface area contributed by atoms with E-state index in [-0.39, 0.29) is 11.7 Å². The molecule has 0 spiro atoms. The third-order valence-corrected chi connectivity index (χ3v) is 5.05. The molecule has 1 amide bonds. The van der Waals surface area contributed by atoms with Crippen molar-refractivity contribution in [1.82, 2.24) is 19.9 Å². The number of nitrogens with zero attached hydrogens (tertiary/aromatic N) is 3. The first kappa shape index (κ1) is 17.4. The summed E-state index contributed by atoms with van der Waals surface area (Å²) in [6.45, 7) is 0. The Morgan fingerprint density at radius 1 is 1.19 bits per heavy atom. The van der Waals surface area contributed by atoms with Gasteiger partial charge in [-0.3, -0.25) is 4.79 Å². The number of H-pyrrole nitrogens is 1. The highest BCUT2D eigenvalue weighted by Gasteiger charge is 2.15. The Kier molecular flexibility index (Phi) is 4.74. The zero-order valence-corrected chi connectivity index (χ0v) is 15.6. The lowest BCUT2D eigenvalue weighted by atomic mass is 10.2. The first-order valence-corrected chi connectivity index (χ1v) is 9.43. The van der Waals surface area contributed by atoms with Crippen LogP contribution in [0.15, 0.2) is 59.8 Å². The van der Waals surface area contributed by atoms with Gasteiger partial charge in [0.15, 0.2) is 5.82 Å². The minimum absolute atomic E-state index is 0.147. The van der Waals surface area contributed by atoms with Gasteiger partial charge in [0.2, 0.25) is 11.1 Å². The smallest absolute Gasteiger partial charge is 0.234 e.